The van der Waals surface area contributed by atoms with Gasteiger partial charge in [-0.05, 0) is 31.0 Å². The van der Waals surface area contributed by atoms with E-state index >= 15 is 0 Å². The van der Waals surface area contributed by atoms with Gasteiger partial charge in [-0.25, -0.2) is 9.97 Å². The summed E-state index contributed by atoms with van der Waals surface area (Å²) in [6, 6.07) is 8.22. The maximum absolute atomic E-state index is 5.38. The molecule has 0 saturated carbocycles. The summed E-state index contributed by atoms with van der Waals surface area (Å²) in [6.07, 6.45) is 2.61. The third-order valence-electron chi connectivity index (χ3n) is 3.58. The van der Waals surface area contributed by atoms with Crippen LogP contribution >= 0.6 is 0 Å². The maximum Gasteiger partial charge on any atom is 0.231 e. The molecule has 0 radical (unpaired) electrons. The zero-order chi connectivity index (χ0) is 15.4. The molecule has 22 heavy (non-hydrogen) atoms. The molecule has 2 aromatic rings. The van der Waals surface area contributed by atoms with Crippen LogP contribution in [-0.2, 0) is 6.54 Å². The predicted molar refractivity (Wildman–Crippen MR) is 85.3 cm³/mol. The molecule has 0 amide bonds. The Morgan fingerprint density at radius 3 is 2.82 bits per heavy atom. The minimum absolute atomic E-state index is 0.294. The highest BCUT2D eigenvalue weighted by Crippen LogP contribution is 2.32. The van der Waals surface area contributed by atoms with E-state index in [4.69, 9.17) is 9.47 Å². The average Bonchev–Trinajstić information content (AvgIpc) is 3.01. The van der Waals surface area contributed by atoms with E-state index in [-0.39, 0.29) is 0 Å². The Hall–Kier alpha value is -2.50. The molecule has 6 heteroatoms. The summed E-state index contributed by atoms with van der Waals surface area (Å²) in [7, 11) is 0. The predicted octanol–water partition coefficient (Wildman–Crippen LogP) is 3.03. The van der Waals surface area contributed by atoms with Gasteiger partial charge in [-0.1, -0.05) is 13.0 Å². The lowest BCUT2D eigenvalue weighted by atomic mass is 10.2. The van der Waals surface area contributed by atoms with Crippen molar-refractivity contribution in [1.82, 2.24) is 9.97 Å². The molecular formula is C16H20N4O2. The van der Waals surface area contributed by atoms with E-state index in [1.54, 1.807) is 6.33 Å². The van der Waals surface area contributed by atoms with Gasteiger partial charge in [0, 0.05) is 18.7 Å². The van der Waals surface area contributed by atoms with Crippen LogP contribution in [0, 0.1) is 0 Å². The number of hydrogen-bond acceptors (Lipinski definition) is 6. The average molecular weight is 300 g/mol. The van der Waals surface area contributed by atoms with Crippen LogP contribution in [0.4, 0.5) is 11.6 Å². The molecule has 0 fully saturated rings. The third kappa shape index (κ3) is 3.39. The summed E-state index contributed by atoms with van der Waals surface area (Å²) in [5.74, 6) is 3.21. The standard InChI is InChI=1S/C16H20N4O2/c1-3-11(2)20-16-7-15(18-9-19-16)17-8-12-4-5-13-14(6-12)22-10-21-13/h4-7,9,11H,3,8,10H2,1-2H3,(H2,17,18,19,20). The van der Waals surface area contributed by atoms with Crippen LogP contribution in [0.15, 0.2) is 30.6 Å². The first-order valence-corrected chi connectivity index (χ1v) is 7.45. The summed E-state index contributed by atoms with van der Waals surface area (Å²) in [4.78, 5) is 8.47. The van der Waals surface area contributed by atoms with Gasteiger partial charge in [-0.2, -0.15) is 0 Å². The van der Waals surface area contributed by atoms with Crippen molar-refractivity contribution < 1.29 is 9.47 Å². The van der Waals surface area contributed by atoms with Gasteiger partial charge in [0.25, 0.3) is 0 Å². The molecule has 0 bridgehead atoms. The van der Waals surface area contributed by atoms with Crippen LogP contribution in [-0.4, -0.2) is 22.8 Å². The highest BCUT2D eigenvalue weighted by atomic mass is 16.7. The molecule has 1 unspecified atom stereocenters. The molecule has 3 rings (SSSR count). The smallest absolute Gasteiger partial charge is 0.231 e. The number of benzene rings is 1. The lowest BCUT2D eigenvalue weighted by molar-refractivity contribution is 0.174. The number of nitrogens with one attached hydrogen (secondary N) is 2. The van der Waals surface area contributed by atoms with Gasteiger partial charge < -0.3 is 20.1 Å². The molecular weight excluding hydrogens is 280 g/mol. The lowest BCUT2D eigenvalue weighted by Gasteiger charge is -2.13. The second kappa shape index (κ2) is 6.51. The zero-order valence-electron chi connectivity index (χ0n) is 12.8. The van der Waals surface area contributed by atoms with E-state index in [9.17, 15) is 0 Å². The summed E-state index contributed by atoms with van der Waals surface area (Å²) in [6.45, 7) is 5.22. The number of nitrogens with zero attached hydrogens (tertiary/aromatic N) is 2. The van der Waals surface area contributed by atoms with Gasteiger partial charge in [0.2, 0.25) is 6.79 Å². The van der Waals surface area contributed by atoms with Gasteiger partial charge in [-0.15, -0.1) is 0 Å². The van der Waals surface area contributed by atoms with E-state index < -0.39 is 0 Å². The number of anilines is 2. The number of fused-ring (bicyclic) bond motifs is 1. The van der Waals surface area contributed by atoms with Crippen molar-refractivity contribution in [2.24, 2.45) is 0 Å². The molecule has 116 valence electrons. The Morgan fingerprint density at radius 1 is 1.14 bits per heavy atom. The molecule has 0 saturated heterocycles. The monoisotopic (exact) mass is 300 g/mol. The first-order valence-electron chi connectivity index (χ1n) is 7.45. The normalized spacial score (nSPS) is 13.7. The molecule has 0 aliphatic carbocycles. The minimum Gasteiger partial charge on any atom is -0.454 e. The van der Waals surface area contributed by atoms with E-state index in [1.807, 2.05) is 24.3 Å². The molecule has 1 atom stereocenters. The summed E-state index contributed by atoms with van der Waals surface area (Å²) in [5.41, 5.74) is 1.11. The van der Waals surface area contributed by atoms with E-state index in [0.29, 0.717) is 19.4 Å². The molecule has 2 N–H and O–H groups in total. The van der Waals surface area contributed by atoms with E-state index in [1.165, 1.54) is 0 Å². The van der Waals surface area contributed by atoms with Crippen molar-refractivity contribution in [2.45, 2.75) is 32.9 Å². The van der Waals surface area contributed by atoms with Crippen molar-refractivity contribution in [3.8, 4) is 11.5 Å². The Morgan fingerprint density at radius 2 is 1.95 bits per heavy atom. The van der Waals surface area contributed by atoms with Crippen molar-refractivity contribution >= 4 is 11.6 Å². The van der Waals surface area contributed by atoms with Crippen LogP contribution in [0.1, 0.15) is 25.8 Å². The number of ether oxygens (including phenoxy) is 2. The highest BCUT2D eigenvalue weighted by molar-refractivity contribution is 5.49. The summed E-state index contributed by atoms with van der Waals surface area (Å²) >= 11 is 0. The summed E-state index contributed by atoms with van der Waals surface area (Å²) < 4.78 is 10.7. The fourth-order valence-corrected chi connectivity index (χ4v) is 2.13. The summed E-state index contributed by atoms with van der Waals surface area (Å²) in [5, 5.41) is 6.63. The van der Waals surface area contributed by atoms with Crippen LogP contribution in [0.25, 0.3) is 0 Å². The number of rotatable bonds is 6. The molecule has 1 aromatic heterocycles. The second-order valence-electron chi connectivity index (χ2n) is 5.28. The number of hydrogen-bond donors (Lipinski definition) is 2. The van der Waals surface area contributed by atoms with Crippen molar-refractivity contribution in [1.29, 1.82) is 0 Å². The van der Waals surface area contributed by atoms with Gasteiger partial charge in [0.05, 0.1) is 0 Å². The SMILES string of the molecule is CCC(C)Nc1cc(NCc2ccc3c(c2)OCO3)ncn1. The van der Waals surface area contributed by atoms with Gasteiger partial charge in [-0.3, -0.25) is 0 Å². The largest absolute Gasteiger partial charge is 0.454 e. The lowest BCUT2D eigenvalue weighted by Crippen LogP contribution is -2.14. The van der Waals surface area contributed by atoms with E-state index in [0.717, 1.165) is 35.1 Å². The molecule has 0 spiro atoms. The molecule has 6 nitrogen and oxygen atoms in total. The fraction of sp³-hybridized carbons (Fsp3) is 0.375. The quantitative estimate of drug-likeness (QED) is 0.854. The maximum atomic E-state index is 5.38. The molecule has 1 aromatic carbocycles. The molecule has 2 heterocycles. The van der Waals surface area contributed by atoms with E-state index in [2.05, 4.69) is 34.4 Å². The second-order valence-corrected chi connectivity index (χ2v) is 5.28. The Labute approximate surface area is 129 Å². The zero-order valence-corrected chi connectivity index (χ0v) is 12.8. The topological polar surface area (TPSA) is 68.3 Å². The van der Waals surface area contributed by atoms with Gasteiger partial charge in [0.1, 0.15) is 18.0 Å². The Balaban J connectivity index is 1.62. The van der Waals surface area contributed by atoms with Crippen LogP contribution in [0.2, 0.25) is 0 Å². The van der Waals surface area contributed by atoms with Crippen LogP contribution in [0.5, 0.6) is 11.5 Å². The highest BCUT2D eigenvalue weighted by Gasteiger charge is 2.13. The fourth-order valence-electron chi connectivity index (χ4n) is 2.13. The van der Waals surface area contributed by atoms with Crippen LogP contribution < -0.4 is 20.1 Å². The third-order valence-corrected chi connectivity index (χ3v) is 3.58. The van der Waals surface area contributed by atoms with Crippen LogP contribution in [0.3, 0.4) is 0 Å². The van der Waals surface area contributed by atoms with Gasteiger partial charge in [0.15, 0.2) is 11.5 Å². The first-order chi connectivity index (χ1) is 10.7. The van der Waals surface area contributed by atoms with Crippen molar-refractivity contribution in [3.05, 3.63) is 36.2 Å². The molecule has 1 aliphatic heterocycles. The Kier molecular flexibility index (Phi) is 4.27. The first kappa shape index (κ1) is 14.4. The minimum atomic E-state index is 0.294. The van der Waals surface area contributed by atoms with Crippen molar-refractivity contribution in [2.75, 3.05) is 17.4 Å². The van der Waals surface area contributed by atoms with Gasteiger partial charge >= 0.3 is 0 Å². The Bertz CT molecular complexity index is 648. The number of aromatic nitrogens is 2. The molecule has 1 aliphatic rings. The van der Waals surface area contributed by atoms with Crippen molar-refractivity contribution in [3.63, 3.8) is 0 Å².